The summed E-state index contributed by atoms with van der Waals surface area (Å²) in [5, 5.41) is 3.28. The van der Waals surface area contributed by atoms with Gasteiger partial charge < -0.3 is 5.32 Å². The minimum absolute atomic E-state index is 0.647. The standard InChI is InChI=1S/C19H20N6/c1-3-15(9-20-5-1)13-25-8-4-18-16(10-21-11-17(18)14-25)12-24-19-22-6-2-7-23-19/h1-3,5-7,9-11H,4,8,12-14H2,(H,22,23,24). The topological polar surface area (TPSA) is 66.8 Å². The number of hydrogen-bond acceptors (Lipinski definition) is 6. The van der Waals surface area contributed by atoms with E-state index in [1.807, 2.05) is 36.9 Å². The van der Waals surface area contributed by atoms with Crippen LogP contribution in [-0.4, -0.2) is 31.4 Å². The predicted octanol–water partition coefficient (Wildman–Crippen LogP) is 2.44. The third kappa shape index (κ3) is 3.80. The van der Waals surface area contributed by atoms with Crippen molar-refractivity contribution in [3.8, 4) is 0 Å². The van der Waals surface area contributed by atoms with Crippen molar-refractivity contribution in [2.24, 2.45) is 0 Å². The second-order valence-electron chi connectivity index (χ2n) is 6.18. The average molecular weight is 332 g/mol. The number of nitrogens with zero attached hydrogens (tertiary/aromatic N) is 5. The maximum Gasteiger partial charge on any atom is 0.222 e. The Labute approximate surface area is 147 Å². The lowest BCUT2D eigenvalue weighted by Crippen LogP contribution is -2.31. The highest BCUT2D eigenvalue weighted by molar-refractivity contribution is 5.36. The van der Waals surface area contributed by atoms with Crippen molar-refractivity contribution < 1.29 is 0 Å². The zero-order valence-corrected chi connectivity index (χ0v) is 14.0. The van der Waals surface area contributed by atoms with Gasteiger partial charge in [0, 0.05) is 63.4 Å². The number of aromatic nitrogens is 4. The predicted molar refractivity (Wildman–Crippen MR) is 95.7 cm³/mol. The first kappa shape index (κ1) is 15.7. The van der Waals surface area contributed by atoms with Crippen molar-refractivity contribution in [2.75, 3.05) is 11.9 Å². The highest BCUT2D eigenvalue weighted by atomic mass is 15.1. The van der Waals surface area contributed by atoms with E-state index in [9.17, 15) is 0 Å². The van der Waals surface area contributed by atoms with E-state index >= 15 is 0 Å². The van der Waals surface area contributed by atoms with Gasteiger partial charge >= 0.3 is 0 Å². The number of anilines is 1. The molecule has 0 fully saturated rings. The van der Waals surface area contributed by atoms with Gasteiger partial charge in [-0.3, -0.25) is 14.9 Å². The number of nitrogens with one attached hydrogen (secondary N) is 1. The fourth-order valence-electron chi connectivity index (χ4n) is 3.23. The van der Waals surface area contributed by atoms with Crippen LogP contribution < -0.4 is 5.32 Å². The van der Waals surface area contributed by atoms with Crippen LogP contribution >= 0.6 is 0 Å². The highest BCUT2D eigenvalue weighted by Gasteiger charge is 2.19. The van der Waals surface area contributed by atoms with Crippen molar-refractivity contribution in [3.63, 3.8) is 0 Å². The van der Waals surface area contributed by atoms with E-state index < -0.39 is 0 Å². The van der Waals surface area contributed by atoms with Gasteiger partial charge in [0.05, 0.1) is 0 Å². The lowest BCUT2D eigenvalue weighted by molar-refractivity contribution is 0.244. The van der Waals surface area contributed by atoms with Gasteiger partial charge in [-0.1, -0.05) is 6.07 Å². The molecule has 1 N–H and O–H groups in total. The van der Waals surface area contributed by atoms with E-state index in [4.69, 9.17) is 0 Å². The molecule has 4 rings (SSSR count). The summed E-state index contributed by atoms with van der Waals surface area (Å²) in [6.07, 6.45) is 12.2. The van der Waals surface area contributed by atoms with Crippen molar-refractivity contribution in [3.05, 3.63) is 77.6 Å². The minimum Gasteiger partial charge on any atom is -0.350 e. The average Bonchev–Trinajstić information content (AvgIpc) is 2.68. The summed E-state index contributed by atoms with van der Waals surface area (Å²) < 4.78 is 0. The molecule has 0 spiro atoms. The molecule has 3 aromatic rings. The molecule has 0 bridgehead atoms. The monoisotopic (exact) mass is 332 g/mol. The molecule has 0 aromatic carbocycles. The molecular formula is C19H20N6. The van der Waals surface area contributed by atoms with Crippen LogP contribution in [0.5, 0.6) is 0 Å². The molecule has 0 atom stereocenters. The first-order chi connectivity index (χ1) is 12.4. The molecule has 25 heavy (non-hydrogen) atoms. The van der Waals surface area contributed by atoms with Crippen LogP contribution in [0.2, 0.25) is 0 Å². The van der Waals surface area contributed by atoms with Crippen LogP contribution in [0.1, 0.15) is 22.3 Å². The van der Waals surface area contributed by atoms with Gasteiger partial charge in [0.2, 0.25) is 5.95 Å². The molecule has 0 amide bonds. The van der Waals surface area contributed by atoms with Gasteiger partial charge in [-0.05, 0) is 40.8 Å². The Morgan fingerprint density at radius 2 is 1.92 bits per heavy atom. The summed E-state index contributed by atoms with van der Waals surface area (Å²) >= 11 is 0. The quantitative estimate of drug-likeness (QED) is 0.774. The molecule has 0 radical (unpaired) electrons. The summed E-state index contributed by atoms with van der Waals surface area (Å²) in [6, 6.07) is 5.93. The van der Waals surface area contributed by atoms with E-state index in [0.29, 0.717) is 12.5 Å². The Kier molecular flexibility index (Phi) is 4.61. The maximum absolute atomic E-state index is 4.43. The Balaban J connectivity index is 1.45. The molecule has 6 nitrogen and oxygen atoms in total. The Morgan fingerprint density at radius 1 is 1.00 bits per heavy atom. The fourth-order valence-corrected chi connectivity index (χ4v) is 3.23. The van der Waals surface area contributed by atoms with E-state index in [0.717, 1.165) is 26.1 Å². The zero-order valence-electron chi connectivity index (χ0n) is 14.0. The van der Waals surface area contributed by atoms with Gasteiger partial charge in [0.15, 0.2) is 0 Å². The number of fused-ring (bicyclic) bond motifs is 1. The van der Waals surface area contributed by atoms with Crippen molar-refractivity contribution in [1.29, 1.82) is 0 Å². The fraction of sp³-hybridized carbons (Fsp3) is 0.263. The van der Waals surface area contributed by atoms with Gasteiger partial charge in [0.25, 0.3) is 0 Å². The molecule has 4 heterocycles. The molecule has 1 aliphatic rings. The van der Waals surface area contributed by atoms with Crippen LogP contribution in [0.15, 0.2) is 55.4 Å². The summed E-state index contributed by atoms with van der Waals surface area (Å²) in [6.45, 7) is 3.59. The van der Waals surface area contributed by atoms with Crippen molar-refractivity contribution >= 4 is 5.95 Å². The van der Waals surface area contributed by atoms with Crippen LogP contribution in [-0.2, 0) is 26.1 Å². The Morgan fingerprint density at radius 3 is 2.76 bits per heavy atom. The SMILES string of the molecule is c1cnc(NCc2cncc3c2CCN(Cc2cccnc2)C3)nc1. The first-order valence-corrected chi connectivity index (χ1v) is 8.45. The van der Waals surface area contributed by atoms with Crippen LogP contribution in [0.3, 0.4) is 0 Å². The lowest BCUT2D eigenvalue weighted by atomic mass is 9.97. The Hall–Kier alpha value is -2.86. The second-order valence-corrected chi connectivity index (χ2v) is 6.18. The van der Waals surface area contributed by atoms with Crippen LogP contribution in [0, 0.1) is 0 Å². The van der Waals surface area contributed by atoms with Crippen LogP contribution in [0.25, 0.3) is 0 Å². The molecule has 0 aliphatic carbocycles. The summed E-state index contributed by atoms with van der Waals surface area (Å²) in [5.41, 5.74) is 5.19. The first-order valence-electron chi connectivity index (χ1n) is 8.45. The van der Waals surface area contributed by atoms with Gasteiger partial charge in [0.1, 0.15) is 0 Å². The molecule has 3 aromatic heterocycles. The lowest BCUT2D eigenvalue weighted by Gasteiger charge is -2.29. The third-order valence-electron chi connectivity index (χ3n) is 4.44. The third-order valence-corrected chi connectivity index (χ3v) is 4.44. The smallest absolute Gasteiger partial charge is 0.222 e. The zero-order chi connectivity index (χ0) is 16.9. The number of pyridine rings is 2. The van der Waals surface area contributed by atoms with E-state index in [-0.39, 0.29) is 0 Å². The molecule has 6 heteroatoms. The normalized spacial score (nSPS) is 14.1. The Bertz CT molecular complexity index is 822. The van der Waals surface area contributed by atoms with E-state index in [1.165, 1.54) is 22.3 Å². The van der Waals surface area contributed by atoms with Crippen molar-refractivity contribution in [1.82, 2.24) is 24.8 Å². The molecule has 0 saturated heterocycles. The molecule has 126 valence electrons. The highest BCUT2D eigenvalue weighted by Crippen LogP contribution is 2.23. The van der Waals surface area contributed by atoms with Gasteiger partial charge in [-0.2, -0.15) is 0 Å². The molecule has 0 saturated carbocycles. The number of rotatable bonds is 5. The minimum atomic E-state index is 0.647. The molecule has 1 aliphatic heterocycles. The van der Waals surface area contributed by atoms with Crippen LogP contribution in [0.4, 0.5) is 5.95 Å². The summed E-state index contributed by atoms with van der Waals surface area (Å²) in [5.74, 6) is 0.647. The van der Waals surface area contributed by atoms with Gasteiger partial charge in [-0.15, -0.1) is 0 Å². The summed E-state index contributed by atoms with van der Waals surface area (Å²) in [7, 11) is 0. The van der Waals surface area contributed by atoms with E-state index in [2.05, 4.69) is 36.2 Å². The largest absolute Gasteiger partial charge is 0.350 e. The second kappa shape index (κ2) is 7.36. The number of hydrogen-bond donors (Lipinski definition) is 1. The van der Waals surface area contributed by atoms with Gasteiger partial charge in [-0.25, -0.2) is 9.97 Å². The summed E-state index contributed by atoms with van der Waals surface area (Å²) in [4.78, 5) is 19.5. The molecular weight excluding hydrogens is 312 g/mol. The van der Waals surface area contributed by atoms with Crippen molar-refractivity contribution in [2.45, 2.75) is 26.1 Å². The maximum atomic E-state index is 4.43. The van der Waals surface area contributed by atoms with E-state index in [1.54, 1.807) is 12.4 Å². The molecule has 0 unspecified atom stereocenters.